The number of hydrazine groups is 1. The van der Waals surface area contributed by atoms with Gasteiger partial charge in [0, 0.05) is 6.07 Å². The lowest BCUT2D eigenvalue weighted by Crippen LogP contribution is -2.29. The first-order chi connectivity index (χ1) is 11.2. The van der Waals surface area contributed by atoms with Gasteiger partial charge in [-0.25, -0.2) is 8.42 Å². The summed E-state index contributed by atoms with van der Waals surface area (Å²) in [6.07, 6.45) is 0. The van der Waals surface area contributed by atoms with E-state index in [1.807, 2.05) is 4.83 Å². The van der Waals surface area contributed by atoms with Gasteiger partial charge in [0.05, 0.1) is 20.8 Å². The second kappa shape index (κ2) is 6.60. The van der Waals surface area contributed by atoms with Crippen molar-refractivity contribution in [1.82, 2.24) is 4.83 Å². The maximum Gasteiger partial charge on any atom is 0.300 e. The molecule has 2 rings (SSSR count). The summed E-state index contributed by atoms with van der Waals surface area (Å²) in [6, 6.07) is 8.77. The van der Waals surface area contributed by atoms with Crippen LogP contribution in [0.1, 0.15) is 5.56 Å². The molecule has 24 heavy (non-hydrogen) atoms. The van der Waals surface area contributed by atoms with E-state index >= 15 is 0 Å². The number of hydrogen-bond donors (Lipinski definition) is 2. The molecule has 0 aliphatic carbocycles. The van der Waals surface area contributed by atoms with Crippen molar-refractivity contribution in [2.45, 2.75) is 11.8 Å². The molecular weight excluding hydrogens is 340 g/mol. The maximum absolute atomic E-state index is 12.1. The summed E-state index contributed by atoms with van der Waals surface area (Å²) >= 11 is 0. The number of sulfonamides is 1. The van der Waals surface area contributed by atoms with Crippen LogP contribution in [0.25, 0.3) is 0 Å². The third-order valence-electron chi connectivity index (χ3n) is 3.04. The number of aryl methyl sites for hydroxylation is 1. The summed E-state index contributed by atoms with van der Waals surface area (Å²) in [7, 11) is -3.96. The normalized spacial score (nSPS) is 11.0. The molecular formula is C13H12N4O6S. The van der Waals surface area contributed by atoms with E-state index in [9.17, 15) is 28.6 Å². The molecule has 0 spiro atoms. The molecule has 10 nitrogen and oxygen atoms in total. The topological polar surface area (TPSA) is 144 Å². The Hall–Kier alpha value is -3.05. The van der Waals surface area contributed by atoms with Gasteiger partial charge in [0.25, 0.3) is 15.7 Å². The first-order valence-corrected chi connectivity index (χ1v) is 7.96. The standard InChI is InChI=1S/C13H12N4O6S/c1-9-2-5-11(6-3-9)24(22,23)15-14-12-7-4-10(16(18)19)8-13(12)17(20)21/h2-8,14-15H,1H3. The van der Waals surface area contributed by atoms with Gasteiger partial charge in [0.15, 0.2) is 0 Å². The van der Waals surface area contributed by atoms with Crippen molar-refractivity contribution in [3.8, 4) is 0 Å². The molecule has 0 aliphatic rings. The third-order valence-corrected chi connectivity index (χ3v) is 4.30. The van der Waals surface area contributed by atoms with Crippen molar-refractivity contribution in [1.29, 1.82) is 0 Å². The second-order valence-electron chi connectivity index (χ2n) is 4.76. The number of benzene rings is 2. The van der Waals surface area contributed by atoms with E-state index in [0.717, 1.165) is 23.8 Å². The molecule has 0 heterocycles. The SMILES string of the molecule is Cc1ccc(S(=O)(=O)NNc2ccc([N+](=O)[O-])cc2[N+](=O)[O-])cc1. The van der Waals surface area contributed by atoms with Gasteiger partial charge in [-0.1, -0.05) is 17.7 Å². The van der Waals surface area contributed by atoms with E-state index in [0.29, 0.717) is 0 Å². The molecule has 11 heteroatoms. The van der Waals surface area contributed by atoms with Gasteiger partial charge < -0.3 is 5.43 Å². The minimum atomic E-state index is -3.96. The smallest absolute Gasteiger partial charge is 0.300 e. The number of nitrogens with zero attached hydrogens (tertiary/aromatic N) is 2. The summed E-state index contributed by atoms with van der Waals surface area (Å²) in [5.41, 5.74) is 1.75. The quantitative estimate of drug-likeness (QED) is 0.598. The summed E-state index contributed by atoms with van der Waals surface area (Å²) in [4.78, 5) is 22.0. The second-order valence-corrected chi connectivity index (χ2v) is 6.44. The highest BCUT2D eigenvalue weighted by atomic mass is 32.2. The number of nitro groups is 2. The van der Waals surface area contributed by atoms with Crippen LogP contribution >= 0.6 is 0 Å². The Labute approximate surface area is 136 Å². The van der Waals surface area contributed by atoms with Gasteiger partial charge in [-0.3, -0.25) is 20.2 Å². The highest BCUT2D eigenvalue weighted by Crippen LogP contribution is 2.28. The summed E-state index contributed by atoms with van der Waals surface area (Å²) in [5.74, 6) is 0. The van der Waals surface area contributed by atoms with Crippen molar-refractivity contribution >= 4 is 27.1 Å². The molecule has 0 atom stereocenters. The molecule has 0 fully saturated rings. The number of hydrogen-bond acceptors (Lipinski definition) is 7. The van der Waals surface area contributed by atoms with E-state index in [1.165, 1.54) is 12.1 Å². The zero-order chi connectivity index (χ0) is 17.9. The van der Waals surface area contributed by atoms with Crippen LogP contribution in [-0.2, 0) is 10.0 Å². The molecule has 0 unspecified atom stereocenters. The monoisotopic (exact) mass is 352 g/mol. The fraction of sp³-hybridized carbons (Fsp3) is 0.0769. The number of anilines is 1. The van der Waals surface area contributed by atoms with Crippen LogP contribution in [0.4, 0.5) is 17.1 Å². The summed E-state index contributed by atoms with van der Waals surface area (Å²) < 4.78 is 24.2. The zero-order valence-electron chi connectivity index (χ0n) is 12.3. The lowest BCUT2D eigenvalue weighted by Gasteiger charge is -2.10. The van der Waals surface area contributed by atoms with Crippen LogP contribution < -0.4 is 10.3 Å². The number of non-ortho nitro benzene ring substituents is 1. The predicted octanol–water partition coefficient (Wildman–Crippen LogP) is 2.12. The molecule has 126 valence electrons. The first kappa shape index (κ1) is 17.3. The Morgan fingerprint density at radius 3 is 2.12 bits per heavy atom. The van der Waals surface area contributed by atoms with Crippen LogP contribution in [-0.4, -0.2) is 18.3 Å². The number of rotatable bonds is 6. The van der Waals surface area contributed by atoms with Gasteiger partial charge >= 0.3 is 5.69 Å². The van der Waals surface area contributed by atoms with Crippen molar-refractivity contribution < 1.29 is 18.3 Å². The fourth-order valence-corrected chi connectivity index (χ4v) is 2.65. The minimum Gasteiger partial charge on any atom is -0.302 e. The molecule has 0 saturated heterocycles. The number of nitro benzene ring substituents is 2. The van der Waals surface area contributed by atoms with Gasteiger partial charge in [-0.15, -0.1) is 4.83 Å². The minimum absolute atomic E-state index is 0.0369. The first-order valence-electron chi connectivity index (χ1n) is 6.48. The Balaban J connectivity index is 2.26. The summed E-state index contributed by atoms with van der Waals surface area (Å²) in [5, 5.41) is 21.7. The largest absolute Gasteiger partial charge is 0.302 e. The van der Waals surface area contributed by atoms with Crippen molar-refractivity contribution in [3.63, 3.8) is 0 Å². The lowest BCUT2D eigenvalue weighted by atomic mass is 10.2. The van der Waals surface area contributed by atoms with Gasteiger partial charge in [-0.05, 0) is 25.1 Å². The highest BCUT2D eigenvalue weighted by Gasteiger charge is 2.21. The molecule has 2 aromatic carbocycles. The van der Waals surface area contributed by atoms with Crippen LogP contribution in [0.5, 0.6) is 0 Å². The summed E-state index contributed by atoms with van der Waals surface area (Å²) in [6.45, 7) is 1.79. The Kier molecular flexibility index (Phi) is 4.76. The Morgan fingerprint density at radius 1 is 0.958 bits per heavy atom. The zero-order valence-corrected chi connectivity index (χ0v) is 13.1. The van der Waals surface area contributed by atoms with Gasteiger partial charge in [-0.2, -0.15) is 0 Å². The van der Waals surface area contributed by atoms with Crippen LogP contribution in [0, 0.1) is 27.2 Å². The average molecular weight is 352 g/mol. The van der Waals surface area contributed by atoms with E-state index in [1.54, 1.807) is 19.1 Å². The predicted molar refractivity (Wildman–Crippen MR) is 84.9 cm³/mol. The number of nitrogens with one attached hydrogen (secondary N) is 2. The molecule has 0 amide bonds. The molecule has 0 aliphatic heterocycles. The molecule has 0 radical (unpaired) electrons. The van der Waals surface area contributed by atoms with Crippen LogP contribution in [0.2, 0.25) is 0 Å². The Bertz CT molecular complexity index is 895. The fourth-order valence-electron chi connectivity index (χ4n) is 1.79. The molecule has 2 aromatic rings. The van der Waals surface area contributed by atoms with Gasteiger partial charge in [0.2, 0.25) is 0 Å². The lowest BCUT2D eigenvalue weighted by molar-refractivity contribution is -0.393. The average Bonchev–Trinajstić information content (AvgIpc) is 2.53. The third kappa shape index (κ3) is 3.83. The van der Waals surface area contributed by atoms with Crippen molar-refractivity contribution in [3.05, 3.63) is 68.3 Å². The molecule has 2 N–H and O–H groups in total. The molecule has 0 aromatic heterocycles. The van der Waals surface area contributed by atoms with E-state index in [4.69, 9.17) is 0 Å². The van der Waals surface area contributed by atoms with Crippen molar-refractivity contribution in [2.75, 3.05) is 5.43 Å². The van der Waals surface area contributed by atoms with E-state index in [2.05, 4.69) is 5.43 Å². The van der Waals surface area contributed by atoms with Crippen LogP contribution in [0.15, 0.2) is 47.4 Å². The van der Waals surface area contributed by atoms with E-state index in [-0.39, 0.29) is 10.6 Å². The van der Waals surface area contributed by atoms with Gasteiger partial charge in [0.1, 0.15) is 5.69 Å². The van der Waals surface area contributed by atoms with Crippen molar-refractivity contribution in [2.24, 2.45) is 0 Å². The Morgan fingerprint density at radius 2 is 1.58 bits per heavy atom. The van der Waals surface area contributed by atoms with Crippen LogP contribution in [0.3, 0.4) is 0 Å². The van der Waals surface area contributed by atoms with E-state index < -0.39 is 31.2 Å². The molecule has 0 bridgehead atoms. The maximum atomic E-state index is 12.1. The molecule has 0 saturated carbocycles. The highest BCUT2D eigenvalue weighted by molar-refractivity contribution is 7.89.